The van der Waals surface area contributed by atoms with Crippen LogP contribution in [0.5, 0.6) is 5.75 Å². The third-order valence-corrected chi connectivity index (χ3v) is 3.86. The zero-order valence-corrected chi connectivity index (χ0v) is 11.8. The number of hydroxylamine groups is 2. The molecule has 1 aromatic heterocycles. The van der Waals surface area contributed by atoms with Crippen LogP contribution in [0, 0.1) is 0 Å². The Bertz CT molecular complexity index is 755. The first-order valence-corrected chi connectivity index (χ1v) is 7.16. The van der Waals surface area contributed by atoms with Gasteiger partial charge in [-0.15, -0.1) is 5.06 Å². The van der Waals surface area contributed by atoms with Gasteiger partial charge in [-0.1, -0.05) is 48.5 Å². The summed E-state index contributed by atoms with van der Waals surface area (Å²) < 4.78 is 11.3. The Balaban J connectivity index is 1.84. The maximum absolute atomic E-state index is 10.7. The maximum atomic E-state index is 10.7. The highest BCUT2D eigenvalue weighted by Gasteiger charge is 2.38. The summed E-state index contributed by atoms with van der Waals surface area (Å²) in [5.41, 5.74) is 1.93. The molecule has 1 N–H and O–H groups in total. The molecule has 2 aromatic carbocycles. The van der Waals surface area contributed by atoms with Gasteiger partial charge in [-0.05, 0) is 23.8 Å². The number of fused-ring (bicyclic) bond motifs is 1. The summed E-state index contributed by atoms with van der Waals surface area (Å²) in [6, 6.07) is 20.9. The van der Waals surface area contributed by atoms with Gasteiger partial charge in [0.2, 0.25) is 6.23 Å². The fraction of sp³-hybridized carbons (Fsp3) is 0.111. The molecule has 110 valence electrons. The Labute approximate surface area is 128 Å². The van der Waals surface area contributed by atoms with E-state index in [2.05, 4.69) is 0 Å². The lowest BCUT2D eigenvalue weighted by Gasteiger charge is -2.38. The Morgan fingerprint density at radius 2 is 1.64 bits per heavy atom. The van der Waals surface area contributed by atoms with Crippen molar-refractivity contribution >= 4 is 0 Å². The van der Waals surface area contributed by atoms with E-state index < -0.39 is 6.23 Å². The van der Waals surface area contributed by atoms with Gasteiger partial charge >= 0.3 is 0 Å². The lowest BCUT2D eigenvalue weighted by molar-refractivity contribution is -0.226. The zero-order valence-electron chi connectivity index (χ0n) is 11.8. The molecule has 0 saturated heterocycles. The van der Waals surface area contributed by atoms with Gasteiger partial charge in [-0.3, -0.25) is 0 Å². The summed E-state index contributed by atoms with van der Waals surface area (Å²) >= 11 is 0. The molecule has 0 amide bonds. The number of rotatable bonds is 2. The van der Waals surface area contributed by atoms with E-state index in [1.165, 1.54) is 5.06 Å². The number of nitrogens with zero attached hydrogens (tertiary/aromatic N) is 1. The molecule has 1 aliphatic heterocycles. The molecule has 0 saturated carbocycles. The lowest BCUT2D eigenvalue weighted by Crippen LogP contribution is -2.37. The van der Waals surface area contributed by atoms with E-state index in [0.29, 0.717) is 5.76 Å². The summed E-state index contributed by atoms with van der Waals surface area (Å²) in [7, 11) is 0. The quantitative estimate of drug-likeness (QED) is 0.771. The zero-order chi connectivity index (χ0) is 14.9. The van der Waals surface area contributed by atoms with Crippen LogP contribution in [0.25, 0.3) is 0 Å². The first-order valence-electron chi connectivity index (χ1n) is 7.16. The van der Waals surface area contributed by atoms with Crippen LogP contribution in [0.3, 0.4) is 0 Å². The summed E-state index contributed by atoms with van der Waals surface area (Å²) in [6.07, 6.45) is 0.903. The van der Waals surface area contributed by atoms with Crippen molar-refractivity contribution in [3.05, 3.63) is 89.9 Å². The van der Waals surface area contributed by atoms with Crippen LogP contribution >= 0.6 is 0 Å². The van der Waals surface area contributed by atoms with Crippen molar-refractivity contribution in [3.63, 3.8) is 0 Å². The second-order valence-electron chi connectivity index (χ2n) is 5.22. The molecule has 0 spiro atoms. The van der Waals surface area contributed by atoms with Gasteiger partial charge in [-0.2, -0.15) is 0 Å². The van der Waals surface area contributed by atoms with Gasteiger partial charge in [-0.25, -0.2) is 0 Å². The molecule has 4 heteroatoms. The minimum absolute atomic E-state index is 0.304. The molecular weight excluding hydrogens is 278 g/mol. The van der Waals surface area contributed by atoms with Crippen molar-refractivity contribution in [1.29, 1.82) is 0 Å². The van der Waals surface area contributed by atoms with Crippen molar-refractivity contribution in [2.45, 2.75) is 12.3 Å². The average Bonchev–Trinajstić information content (AvgIpc) is 3.09. The van der Waals surface area contributed by atoms with Gasteiger partial charge in [0.25, 0.3) is 0 Å². The van der Waals surface area contributed by atoms with E-state index in [-0.39, 0.29) is 6.04 Å². The monoisotopic (exact) mass is 293 g/mol. The number of hydrogen-bond acceptors (Lipinski definition) is 4. The Kier molecular flexibility index (Phi) is 3.18. The summed E-state index contributed by atoms with van der Waals surface area (Å²) in [5.74, 6) is 1.32. The summed E-state index contributed by atoms with van der Waals surface area (Å²) in [6.45, 7) is 0. The molecule has 0 fully saturated rings. The number of hydrogen-bond donors (Lipinski definition) is 1. The second-order valence-corrected chi connectivity index (χ2v) is 5.22. The predicted molar refractivity (Wildman–Crippen MR) is 80.4 cm³/mol. The summed E-state index contributed by atoms with van der Waals surface area (Å²) in [5, 5.41) is 12.0. The highest BCUT2D eigenvalue weighted by Crippen LogP contribution is 2.43. The number of para-hydroxylation sites is 1. The van der Waals surface area contributed by atoms with Crippen LogP contribution in [-0.2, 0) is 0 Å². The number of ether oxygens (including phenoxy) is 1. The molecule has 4 rings (SSSR count). The number of furan rings is 1. The molecule has 2 atom stereocenters. The first kappa shape index (κ1) is 13.1. The van der Waals surface area contributed by atoms with E-state index in [1.54, 1.807) is 18.4 Å². The minimum Gasteiger partial charge on any atom is -0.465 e. The Morgan fingerprint density at radius 1 is 0.864 bits per heavy atom. The minimum atomic E-state index is -0.671. The van der Waals surface area contributed by atoms with Gasteiger partial charge in [0.05, 0.1) is 12.3 Å². The third-order valence-electron chi connectivity index (χ3n) is 3.86. The summed E-state index contributed by atoms with van der Waals surface area (Å²) in [4.78, 5) is 0. The molecule has 2 heterocycles. The van der Waals surface area contributed by atoms with Gasteiger partial charge in [0.15, 0.2) is 5.76 Å². The van der Waals surface area contributed by atoms with Crippen LogP contribution in [0.2, 0.25) is 0 Å². The van der Waals surface area contributed by atoms with Crippen LogP contribution < -0.4 is 4.74 Å². The normalized spacial score (nSPS) is 21.1. The van der Waals surface area contributed by atoms with Crippen molar-refractivity contribution in [3.8, 4) is 5.75 Å². The topological polar surface area (TPSA) is 45.8 Å². The molecule has 3 aromatic rings. The third kappa shape index (κ3) is 2.09. The molecule has 0 aliphatic carbocycles. The van der Waals surface area contributed by atoms with Gasteiger partial charge < -0.3 is 14.4 Å². The highest BCUT2D eigenvalue weighted by atomic mass is 16.6. The standard InChI is InChI=1S/C18H15NO3/c20-19-17(13-7-2-1-3-8-13)14-9-4-5-10-15(14)22-18(19)16-11-6-12-21-16/h1-12,17-18,20H. The Morgan fingerprint density at radius 3 is 2.41 bits per heavy atom. The Hall–Kier alpha value is -2.56. The van der Waals surface area contributed by atoms with Crippen LogP contribution in [0.15, 0.2) is 77.4 Å². The molecule has 22 heavy (non-hydrogen) atoms. The lowest BCUT2D eigenvalue weighted by atomic mass is 9.96. The molecule has 0 radical (unpaired) electrons. The van der Waals surface area contributed by atoms with E-state index in [0.717, 1.165) is 16.9 Å². The number of benzene rings is 2. The van der Waals surface area contributed by atoms with Gasteiger partial charge in [0, 0.05) is 5.56 Å². The first-order chi connectivity index (χ1) is 10.8. The van der Waals surface area contributed by atoms with E-state index in [1.807, 2.05) is 54.6 Å². The largest absolute Gasteiger partial charge is 0.465 e. The fourth-order valence-corrected chi connectivity index (χ4v) is 2.85. The van der Waals surface area contributed by atoms with Gasteiger partial charge in [0.1, 0.15) is 5.75 Å². The van der Waals surface area contributed by atoms with Crippen molar-refractivity contribution in [2.24, 2.45) is 0 Å². The smallest absolute Gasteiger partial charge is 0.233 e. The molecule has 2 unspecified atom stereocenters. The van der Waals surface area contributed by atoms with Crippen molar-refractivity contribution in [2.75, 3.05) is 0 Å². The second kappa shape index (κ2) is 5.33. The van der Waals surface area contributed by atoms with E-state index >= 15 is 0 Å². The molecule has 1 aliphatic rings. The van der Waals surface area contributed by atoms with Crippen LogP contribution in [-0.4, -0.2) is 10.3 Å². The average molecular weight is 293 g/mol. The van der Waals surface area contributed by atoms with E-state index in [4.69, 9.17) is 9.15 Å². The van der Waals surface area contributed by atoms with Crippen LogP contribution in [0.4, 0.5) is 0 Å². The SMILES string of the molecule is ON1C(c2ccco2)Oc2ccccc2C1c1ccccc1. The molecule has 0 bridgehead atoms. The van der Waals surface area contributed by atoms with Crippen molar-refractivity contribution < 1.29 is 14.4 Å². The maximum Gasteiger partial charge on any atom is 0.233 e. The molecule has 4 nitrogen and oxygen atoms in total. The van der Waals surface area contributed by atoms with Crippen molar-refractivity contribution in [1.82, 2.24) is 5.06 Å². The van der Waals surface area contributed by atoms with Crippen LogP contribution in [0.1, 0.15) is 29.2 Å². The predicted octanol–water partition coefficient (Wildman–Crippen LogP) is 4.15. The highest BCUT2D eigenvalue weighted by molar-refractivity contribution is 5.43. The van der Waals surface area contributed by atoms with E-state index in [9.17, 15) is 5.21 Å². The fourth-order valence-electron chi connectivity index (χ4n) is 2.85. The molecular formula is C18H15NO3.